The molecule has 1 aliphatic heterocycles. The maximum atomic E-state index is 11.7. The number of nitrogens with one attached hydrogen (secondary N) is 1. The number of anilines is 2. The van der Waals surface area contributed by atoms with Crippen molar-refractivity contribution in [1.29, 1.82) is 0 Å². The molecule has 4 nitrogen and oxygen atoms in total. The molecule has 1 aromatic rings. The van der Waals surface area contributed by atoms with Gasteiger partial charge in [0.05, 0.1) is 11.5 Å². The second-order valence-electron chi connectivity index (χ2n) is 5.81. The van der Waals surface area contributed by atoms with E-state index >= 15 is 0 Å². The van der Waals surface area contributed by atoms with E-state index in [-0.39, 0.29) is 12.0 Å². The lowest BCUT2D eigenvalue weighted by molar-refractivity contribution is -0.153. The molecule has 3 N–H and O–H groups in total. The second kappa shape index (κ2) is 4.52. The third-order valence-corrected chi connectivity index (χ3v) is 2.99. The van der Waals surface area contributed by atoms with E-state index in [4.69, 9.17) is 10.5 Å². The van der Waals surface area contributed by atoms with Gasteiger partial charge < -0.3 is 15.8 Å². The van der Waals surface area contributed by atoms with Crippen molar-refractivity contribution < 1.29 is 9.53 Å². The molecule has 0 unspecified atom stereocenters. The van der Waals surface area contributed by atoms with Gasteiger partial charge in [0.2, 0.25) is 0 Å². The smallest absolute Gasteiger partial charge is 0.311 e. The van der Waals surface area contributed by atoms with Gasteiger partial charge in [-0.15, -0.1) is 0 Å². The molecule has 0 aromatic heterocycles. The van der Waals surface area contributed by atoms with Crippen molar-refractivity contribution in [1.82, 2.24) is 0 Å². The van der Waals surface area contributed by atoms with Gasteiger partial charge in [-0.25, -0.2) is 0 Å². The largest absolute Gasteiger partial charge is 0.463 e. The first kappa shape index (κ1) is 12.7. The summed E-state index contributed by atoms with van der Waals surface area (Å²) in [4.78, 5) is 11.7. The normalized spacial score (nSPS) is 18.1. The zero-order valence-corrected chi connectivity index (χ0v) is 11.1. The van der Waals surface area contributed by atoms with Crippen LogP contribution < -0.4 is 11.1 Å². The molecular formula is C14H20N2O2. The van der Waals surface area contributed by atoms with Crippen LogP contribution in [-0.2, 0) is 16.0 Å². The van der Waals surface area contributed by atoms with Gasteiger partial charge in [0, 0.05) is 11.4 Å². The van der Waals surface area contributed by atoms with Crippen LogP contribution in [0.15, 0.2) is 18.2 Å². The van der Waals surface area contributed by atoms with Crippen molar-refractivity contribution in [2.24, 2.45) is 5.41 Å². The molecule has 0 amide bonds. The van der Waals surface area contributed by atoms with E-state index in [0.717, 1.165) is 17.8 Å². The first-order valence-electron chi connectivity index (χ1n) is 6.18. The van der Waals surface area contributed by atoms with E-state index in [1.54, 1.807) is 0 Å². The minimum absolute atomic E-state index is 0.146. The van der Waals surface area contributed by atoms with E-state index in [1.807, 2.05) is 39.0 Å². The molecule has 0 radical (unpaired) electrons. The van der Waals surface area contributed by atoms with Crippen molar-refractivity contribution in [3.05, 3.63) is 23.8 Å². The fourth-order valence-corrected chi connectivity index (χ4v) is 1.94. The molecule has 0 aliphatic carbocycles. The van der Waals surface area contributed by atoms with Crippen LogP contribution in [0.4, 0.5) is 11.4 Å². The van der Waals surface area contributed by atoms with Crippen LogP contribution in [0.1, 0.15) is 26.3 Å². The van der Waals surface area contributed by atoms with Crippen LogP contribution in [0, 0.1) is 5.41 Å². The Bertz CT molecular complexity index is 463. The lowest BCUT2D eigenvalue weighted by Gasteiger charge is -2.19. The number of carbonyl (C=O) groups excluding carboxylic acids is 1. The Morgan fingerprint density at radius 3 is 2.89 bits per heavy atom. The average molecular weight is 248 g/mol. The number of nitrogens with two attached hydrogens (primary N) is 1. The van der Waals surface area contributed by atoms with E-state index in [1.165, 1.54) is 5.56 Å². The van der Waals surface area contributed by atoms with Gasteiger partial charge in [0.1, 0.15) is 6.61 Å². The maximum absolute atomic E-state index is 11.7. The second-order valence-corrected chi connectivity index (χ2v) is 5.81. The van der Waals surface area contributed by atoms with E-state index in [2.05, 4.69) is 5.32 Å². The predicted octanol–water partition coefficient (Wildman–Crippen LogP) is 2.19. The van der Waals surface area contributed by atoms with Crippen molar-refractivity contribution in [3.63, 3.8) is 0 Å². The SMILES string of the molecule is CC(C)(C)C(=O)OC[C@@H]1Cc2ccc(N)cc2N1. The topological polar surface area (TPSA) is 64.3 Å². The summed E-state index contributed by atoms with van der Waals surface area (Å²) in [5.74, 6) is -0.167. The number of fused-ring (bicyclic) bond motifs is 1. The Labute approximate surface area is 108 Å². The summed E-state index contributed by atoms with van der Waals surface area (Å²) in [5.41, 5.74) is 8.30. The number of ether oxygens (including phenoxy) is 1. The van der Waals surface area contributed by atoms with Gasteiger partial charge in [0.15, 0.2) is 0 Å². The van der Waals surface area contributed by atoms with Gasteiger partial charge in [0.25, 0.3) is 0 Å². The molecular weight excluding hydrogens is 228 g/mol. The number of carbonyl (C=O) groups is 1. The van der Waals surface area contributed by atoms with Crippen LogP contribution in [0.3, 0.4) is 0 Å². The van der Waals surface area contributed by atoms with Crippen molar-refractivity contribution in [3.8, 4) is 0 Å². The zero-order valence-electron chi connectivity index (χ0n) is 11.1. The fraction of sp³-hybridized carbons (Fsp3) is 0.500. The molecule has 0 bridgehead atoms. The molecule has 1 aromatic carbocycles. The zero-order chi connectivity index (χ0) is 13.3. The molecule has 98 valence electrons. The van der Waals surface area contributed by atoms with Crippen LogP contribution in [0.2, 0.25) is 0 Å². The molecule has 1 heterocycles. The monoisotopic (exact) mass is 248 g/mol. The third-order valence-electron chi connectivity index (χ3n) is 2.99. The Balaban J connectivity index is 1.91. The quantitative estimate of drug-likeness (QED) is 0.622. The van der Waals surface area contributed by atoms with E-state index < -0.39 is 5.41 Å². The first-order valence-corrected chi connectivity index (χ1v) is 6.18. The van der Waals surface area contributed by atoms with Crippen molar-refractivity contribution in [2.75, 3.05) is 17.7 Å². The Morgan fingerprint density at radius 1 is 1.50 bits per heavy atom. The summed E-state index contributed by atoms with van der Waals surface area (Å²) in [6.45, 7) is 5.96. The summed E-state index contributed by atoms with van der Waals surface area (Å²) < 4.78 is 5.32. The van der Waals surface area contributed by atoms with Crippen molar-refractivity contribution >= 4 is 17.3 Å². The molecule has 0 spiro atoms. The molecule has 4 heteroatoms. The minimum Gasteiger partial charge on any atom is -0.463 e. The summed E-state index contributed by atoms with van der Waals surface area (Å²) in [5, 5.41) is 3.32. The molecule has 0 saturated heterocycles. The summed E-state index contributed by atoms with van der Waals surface area (Å²) >= 11 is 0. The number of esters is 1. The van der Waals surface area contributed by atoms with E-state index in [0.29, 0.717) is 6.61 Å². The average Bonchev–Trinajstić information content (AvgIpc) is 2.66. The number of hydrogen-bond donors (Lipinski definition) is 2. The molecule has 1 aliphatic rings. The Hall–Kier alpha value is -1.71. The molecule has 1 atom stereocenters. The Morgan fingerprint density at radius 2 is 2.22 bits per heavy atom. The molecule has 0 fully saturated rings. The van der Waals surface area contributed by atoms with Crippen LogP contribution in [-0.4, -0.2) is 18.6 Å². The van der Waals surface area contributed by atoms with Gasteiger partial charge in [-0.1, -0.05) is 6.07 Å². The van der Waals surface area contributed by atoms with E-state index in [9.17, 15) is 4.79 Å². The number of rotatable bonds is 2. The van der Waals surface area contributed by atoms with Gasteiger partial charge in [-0.3, -0.25) is 4.79 Å². The highest BCUT2D eigenvalue weighted by Gasteiger charge is 2.26. The third kappa shape index (κ3) is 2.75. The summed E-state index contributed by atoms with van der Waals surface area (Å²) in [6, 6.07) is 5.97. The lowest BCUT2D eigenvalue weighted by Crippen LogP contribution is -2.29. The first-order chi connectivity index (χ1) is 8.36. The number of hydrogen-bond acceptors (Lipinski definition) is 4. The lowest BCUT2D eigenvalue weighted by atomic mass is 9.97. The molecule has 2 rings (SSSR count). The standard InChI is InChI=1S/C14H20N2O2/c1-14(2,3)13(17)18-8-11-6-9-4-5-10(15)7-12(9)16-11/h4-5,7,11,16H,6,8,15H2,1-3H3/t11-/m0/s1. The van der Waals surface area contributed by atoms with Crippen molar-refractivity contribution in [2.45, 2.75) is 33.2 Å². The highest BCUT2D eigenvalue weighted by molar-refractivity contribution is 5.75. The van der Waals surface area contributed by atoms with Gasteiger partial charge in [-0.2, -0.15) is 0 Å². The number of nitrogen functional groups attached to an aromatic ring is 1. The summed E-state index contributed by atoms with van der Waals surface area (Å²) in [6.07, 6.45) is 0.868. The van der Waals surface area contributed by atoms with Gasteiger partial charge >= 0.3 is 5.97 Å². The fourth-order valence-electron chi connectivity index (χ4n) is 1.94. The summed E-state index contributed by atoms with van der Waals surface area (Å²) in [7, 11) is 0. The van der Waals surface area contributed by atoms with Gasteiger partial charge in [-0.05, 0) is 44.9 Å². The molecule has 0 saturated carbocycles. The predicted molar refractivity (Wildman–Crippen MR) is 72.4 cm³/mol. The Kier molecular flexibility index (Phi) is 3.20. The maximum Gasteiger partial charge on any atom is 0.311 e. The number of benzene rings is 1. The molecule has 18 heavy (non-hydrogen) atoms. The van der Waals surface area contributed by atoms with Crippen LogP contribution >= 0.6 is 0 Å². The minimum atomic E-state index is -0.449. The van der Waals surface area contributed by atoms with Crippen LogP contribution in [0.25, 0.3) is 0 Å². The highest BCUT2D eigenvalue weighted by atomic mass is 16.5. The van der Waals surface area contributed by atoms with Crippen LogP contribution in [0.5, 0.6) is 0 Å². The highest BCUT2D eigenvalue weighted by Crippen LogP contribution is 2.28.